The molecule has 2 rings (SSSR count). The van der Waals surface area contributed by atoms with Crippen LogP contribution in [0.3, 0.4) is 0 Å². The highest BCUT2D eigenvalue weighted by atomic mass is 19.1. The largest absolute Gasteiger partial charge is 0.491 e. The third kappa shape index (κ3) is 2.88. The molecule has 1 aliphatic rings. The highest BCUT2D eigenvalue weighted by Crippen LogP contribution is 2.20. The highest BCUT2D eigenvalue weighted by molar-refractivity contribution is 6.00. The molecule has 0 radical (unpaired) electrons. The first kappa shape index (κ1) is 13.0. The van der Waals surface area contributed by atoms with Crippen LogP contribution in [0, 0.1) is 5.82 Å². The summed E-state index contributed by atoms with van der Waals surface area (Å²) in [6.45, 7) is 3.06. The molecule has 1 N–H and O–H groups in total. The molecule has 98 valence electrons. The van der Waals surface area contributed by atoms with E-state index in [9.17, 15) is 9.18 Å². The second-order valence-corrected chi connectivity index (χ2v) is 4.44. The predicted octanol–water partition coefficient (Wildman–Crippen LogP) is 2.55. The molecule has 1 aliphatic heterocycles. The molecule has 0 bridgehead atoms. The Morgan fingerprint density at radius 2 is 2.33 bits per heavy atom. The van der Waals surface area contributed by atoms with Crippen molar-refractivity contribution in [2.24, 2.45) is 0 Å². The van der Waals surface area contributed by atoms with Crippen LogP contribution in [0.2, 0.25) is 0 Å². The van der Waals surface area contributed by atoms with E-state index < -0.39 is 5.82 Å². The maximum Gasteiger partial charge on any atom is 0.179 e. The molecule has 1 aromatic carbocycles. The van der Waals surface area contributed by atoms with Crippen molar-refractivity contribution >= 4 is 5.78 Å². The predicted molar refractivity (Wildman–Crippen MR) is 67.5 cm³/mol. The van der Waals surface area contributed by atoms with Gasteiger partial charge in [0.15, 0.2) is 17.3 Å². The van der Waals surface area contributed by atoms with Crippen LogP contribution < -0.4 is 10.1 Å². The van der Waals surface area contributed by atoms with Gasteiger partial charge in [-0.2, -0.15) is 0 Å². The normalized spacial score (nSPS) is 19.6. The van der Waals surface area contributed by atoms with Crippen molar-refractivity contribution < 1.29 is 13.9 Å². The molecule has 3 nitrogen and oxygen atoms in total. The Kier molecular flexibility index (Phi) is 4.31. The van der Waals surface area contributed by atoms with Gasteiger partial charge >= 0.3 is 0 Å². The number of carbonyl (C=O) groups excluding carboxylic acids is 1. The average molecular weight is 251 g/mol. The molecule has 1 atom stereocenters. The van der Waals surface area contributed by atoms with Crippen LogP contribution in [0.5, 0.6) is 5.75 Å². The van der Waals surface area contributed by atoms with Gasteiger partial charge in [-0.15, -0.1) is 0 Å². The molecule has 1 saturated heterocycles. The molecular weight excluding hydrogens is 233 g/mol. The van der Waals surface area contributed by atoms with Crippen molar-refractivity contribution in [1.29, 1.82) is 0 Å². The van der Waals surface area contributed by atoms with Gasteiger partial charge in [-0.1, -0.05) is 6.42 Å². The first-order valence-electron chi connectivity index (χ1n) is 6.42. The summed E-state index contributed by atoms with van der Waals surface area (Å²) in [5.74, 6) is -0.305. The molecule has 0 amide bonds. The summed E-state index contributed by atoms with van der Waals surface area (Å²) in [6, 6.07) is 4.25. The molecule has 1 fully saturated rings. The number of nitrogens with one attached hydrogen (secondary N) is 1. The van der Waals surface area contributed by atoms with Crippen LogP contribution in [-0.2, 0) is 0 Å². The summed E-state index contributed by atoms with van der Waals surface area (Å²) in [5, 5.41) is 3.17. The summed E-state index contributed by atoms with van der Waals surface area (Å²) >= 11 is 0. The van der Waals surface area contributed by atoms with Gasteiger partial charge in [0, 0.05) is 5.56 Å². The Balaban J connectivity index is 2.12. The first-order chi connectivity index (χ1) is 8.72. The van der Waals surface area contributed by atoms with Crippen LogP contribution in [0.1, 0.15) is 36.5 Å². The third-order valence-electron chi connectivity index (χ3n) is 3.14. The molecule has 18 heavy (non-hydrogen) atoms. The minimum atomic E-state index is -0.474. The van der Waals surface area contributed by atoms with Crippen LogP contribution in [0.25, 0.3) is 0 Å². The minimum absolute atomic E-state index is 0.0309. The number of benzene rings is 1. The molecular formula is C14H18FNO2. The number of hydrogen-bond acceptors (Lipinski definition) is 3. The van der Waals surface area contributed by atoms with Gasteiger partial charge < -0.3 is 10.1 Å². The van der Waals surface area contributed by atoms with Crippen LogP contribution in [0.15, 0.2) is 18.2 Å². The Hall–Kier alpha value is -1.42. The van der Waals surface area contributed by atoms with Crippen LogP contribution in [-0.4, -0.2) is 25.0 Å². The van der Waals surface area contributed by atoms with Gasteiger partial charge in [0.05, 0.1) is 12.6 Å². The van der Waals surface area contributed by atoms with E-state index >= 15 is 0 Å². The van der Waals surface area contributed by atoms with E-state index in [0.717, 1.165) is 25.8 Å². The van der Waals surface area contributed by atoms with E-state index in [4.69, 9.17) is 4.74 Å². The van der Waals surface area contributed by atoms with E-state index in [-0.39, 0.29) is 17.6 Å². The monoisotopic (exact) mass is 251 g/mol. The van der Waals surface area contributed by atoms with Crippen molar-refractivity contribution in [2.45, 2.75) is 32.2 Å². The topological polar surface area (TPSA) is 38.3 Å². The van der Waals surface area contributed by atoms with Crippen molar-refractivity contribution in [3.05, 3.63) is 29.6 Å². The second kappa shape index (κ2) is 5.96. The SMILES string of the molecule is CCOc1ccc(C(=O)C2CCCCN2)cc1F. The molecule has 4 heteroatoms. The number of halogens is 1. The summed E-state index contributed by atoms with van der Waals surface area (Å²) in [6.07, 6.45) is 2.97. The molecule has 1 heterocycles. The molecule has 1 aromatic rings. The van der Waals surface area contributed by atoms with E-state index in [0.29, 0.717) is 12.2 Å². The van der Waals surface area contributed by atoms with E-state index in [1.165, 1.54) is 12.1 Å². The summed E-state index contributed by atoms with van der Waals surface area (Å²) in [4.78, 5) is 12.2. The fourth-order valence-electron chi connectivity index (χ4n) is 2.20. The lowest BCUT2D eigenvalue weighted by molar-refractivity contribution is 0.0926. The fourth-order valence-corrected chi connectivity index (χ4v) is 2.20. The van der Waals surface area contributed by atoms with Gasteiger partial charge in [-0.3, -0.25) is 4.79 Å². The number of rotatable bonds is 4. The number of piperidine rings is 1. The molecule has 0 spiro atoms. The van der Waals surface area contributed by atoms with E-state index in [2.05, 4.69) is 5.32 Å². The van der Waals surface area contributed by atoms with Gasteiger partial charge in [0.1, 0.15) is 0 Å². The van der Waals surface area contributed by atoms with E-state index in [1.807, 2.05) is 0 Å². The molecule has 0 aromatic heterocycles. The zero-order valence-corrected chi connectivity index (χ0v) is 10.5. The maximum atomic E-state index is 13.7. The van der Waals surface area contributed by atoms with Gasteiger partial charge in [0.2, 0.25) is 0 Å². The average Bonchev–Trinajstić information content (AvgIpc) is 2.41. The maximum absolute atomic E-state index is 13.7. The smallest absolute Gasteiger partial charge is 0.179 e. The molecule has 1 unspecified atom stereocenters. The third-order valence-corrected chi connectivity index (χ3v) is 3.14. The Bertz CT molecular complexity index is 428. The van der Waals surface area contributed by atoms with E-state index in [1.54, 1.807) is 13.0 Å². The number of Topliss-reactive ketones (excluding diaryl/α,β-unsaturated/α-hetero) is 1. The van der Waals surface area contributed by atoms with Crippen molar-refractivity contribution in [1.82, 2.24) is 5.32 Å². The lowest BCUT2D eigenvalue weighted by Crippen LogP contribution is -2.40. The number of carbonyl (C=O) groups is 1. The van der Waals surface area contributed by atoms with Gasteiger partial charge in [-0.25, -0.2) is 4.39 Å². The van der Waals surface area contributed by atoms with Crippen molar-refractivity contribution in [2.75, 3.05) is 13.2 Å². The summed E-state index contributed by atoms with van der Waals surface area (Å²) < 4.78 is 18.8. The fraction of sp³-hybridized carbons (Fsp3) is 0.500. The van der Waals surface area contributed by atoms with Crippen molar-refractivity contribution in [3.8, 4) is 5.75 Å². The van der Waals surface area contributed by atoms with Crippen molar-refractivity contribution in [3.63, 3.8) is 0 Å². The zero-order valence-electron chi connectivity index (χ0n) is 10.5. The summed E-state index contributed by atoms with van der Waals surface area (Å²) in [7, 11) is 0. The molecule has 0 aliphatic carbocycles. The van der Waals surface area contributed by atoms with Crippen LogP contribution >= 0.6 is 0 Å². The Morgan fingerprint density at radius 1 is 1.50 bits per heavy atom. The summed E-state index contributed by atoms with van der Waals surface area (Å²) in [5.41, 5.74) is 0.412. The minimum Gasteiger partial charge on any atom is -0.491 e. The number of ether oxygens (including phenoxy) is 1. The lowest BCUT2D eigenvalue weighted by Gasteiger charge is -2.22. The standard InChI is InChI=1S/C14H18FNO2/c1-2-18-13-7-6-10(9-11(13)15)14(17)12-5-3-4-8-16-12/h6-7,9,12,16H,2-5,8H2,1H3. The van der Waals surface area contributed by atoms with Gasteiger partial charge in [0.25, 0.3) is 0 Å². The van der Waals surface area contributed by atoms with Gasteiger partial charge in [-0.05, 0) is 44.5 Å². The Labute approximate surface area is 106 Å². The lowest BCUT2D eigenvalue weighted by atomic mass is 9.96. The Morgan fingerprint density at radius 3 is 2.94 bits per heavy atom. The second-order valence-electron chi connectivity index (χ2n) is 4.44. The number of ketones is 1. The van der Waals surface area contributed by atoms with Crippen LogP contribution in [0.4, 0.5) is 4.39 Å². The zero-order chi connectivity index (χ0) is 13.0. The quantitative estimate of drug-likeness (QED) is 0.836. The number of hydrogen-bond donors (Lipinski definition) is 1. The highest BCUT2D eigenvalue weighted by Gasteiger charge is 2.22. The molecule has 0 saturated carbocycles. The first-order valence-corrected chi connectivity index (χ1v) is 6.42.